The molecule has 0 radical (unpaired) electrons. The average molecular weight is 458 g/mol. The molecule has 2 aliphatic heterocycles. The molecular formula is C23H27N3O5S. The summed E-state index contributed by atoms with van der Waals surface area (Å²) < 4.78 is 31.4. The molecule has 0 aliphatic carbocycles. The lowest BCUT2D eigenvalue weighted by Gasteiger charge is -2.40. The van der Waals surface area contributed by atoms with Crippen molar-refractivity contribution in [2.24, 2.45) is 0 Å². The Kier molecular flexibility index (Phi) is 5.85. The van der Waals surface area contributed by atoms with Gasteiger partial charge < -0.3 is 9.64 Å². The minimum atomic E-state index is -3.28. The summed E-state index contributed by atoms with van der Waals surface area (Å²) >= 11 is 0. The van der Waals surface area contributed by atoms with E-state index in [9.17, 15) is 18.0 Å². The highest BCUT2D eigenvalue weighted by Crippen LogP contribution is 2.40. The Bertz CT molecular complexity index is 1160. The highest BCUT2D eigenvalue weighted by molar-refractivity contribution is 7.93. The van der Waals surface area contributed by atoms with Gasteiger partial charge in [-0.2, -0.15) is 0 Å². The van der Waals surface area contributed by atoms with E-state index in [1.54, 1.807) is 22.8 Å². The number of hydrogen-bond acceptors (Lipinski definition) is 5. The number of ether oxygens (including phenoxy) is 1. The third kappa shape index (κ3) is 3.92. The number of carbonyl (C=O) groups excluding carboxylic acids is 2. The van der Waals surface area contributed by atoms with Crippen molar-refractivity contribution in [2.75, 3.05) is 39.6 Å². The molecule has 32 heavy (non-hydrogen) atoms. The topological polar surface area (TPSA) is 87.2 Å². The monoisotopic (exact) mass is 457 g/mol. The standard InChI is InChI=1S/C23H27N3O5S/c1-4-31-23(28)24-15-16(2)26(17(3)27)21-10-9-19(14-22(21)24)18-7-5-8-20(13-18)25-11-6-12-32(25,29)30/h5,7-10,13-14,16H,4,6,11-12,15H2,1-3H3. The lowest BCUT2D eigenvalue weighted by Crippen LogP contribution is -2.51. The minimum Gasteiger partial charge on any atom is -0.449 e. The fraction of sp³-hybridized carbons (Fsp3) is 0.391. The highest BCUT2D eigenvalue weighted by Gasteiger charge is 2.34. The van der Waals surface area contributed by atoms with Crippen molar-refractivity contribution in [3.05, 3.63) is 42.5 Å². The smallest absolute Gasteiger partial charge is 0.414 e. The summed E-state index contributed by atoms with van der Waals surface area (Å²) in [6, 6.07) is 12.7. The van der Waals surface area contributed by atoms with Crippen molar-refractivity contribution in [3.63, 3.8) is 0 Å². The molecule has 9 heteroatoms. The van der Waals surface area contributed by atoms with Gasteiger partial charge in [0.05, 0.1) is 35.5 Å². The number of sulfonamides is 1. The molecule has 2 heterocycles. The average Bonchev–Trinajstić information content (AvgIpc) is 3.11. The van der Waals surface area contributed by atoms with Crippen molar-refractivity contribution < 1.29 is 22.7 Å². The van der Waals surface area contributed by atoms with E-state index in [1.807, 2.05) is 43.3 Å². The zero-order valence-corrected chi connectivity index (χ0v) is 19.3. The van der Waals surface area contributed by atoms with Gasteiger partial charge in [-0.15, -0.1) is 0 Å². The first-order valence-corrected chi connectivity index (χ1v) is 12.3. The molecule has 0 N–H and O–H groups in total. The van der Waals surface area contributed by atoms with Gasteiger partial charge in [-0.05, 0) is 55.7 Å². The maximum absolute atomic E-state index is 12.7. The van der Waals surface area contributed by atoms with E-state index >= 15 is 0 Å². The van der Waals surface area contributed by atoms with Gasteiger partial charge in [-0.25, -0.2) is 13.2 Å². The van der Waals surface area contributed by atoms with Gasteiger partial charge in [-0.1, -0.05) is 18.2 Å². The summed E-state index contributed by atoms with van der Waals surface area (Å²) in [4.78, 5) is 28.2. The van der Waals surface area contributed by atoms with Crippen LogP contribution in [0, 0.1) is 0 Å². The van der Waals surface area contributed by atoms with Crippen LogP contribution in [0.2, 0.25) is 0 Å². The third-order valence-corrected chi connectivity index (χ3v) is 7.68. The number of anilines is 3. The Hall–Kier alpha value is -3.07. The number of carbonyl (C=O) groups is 2. The van der Waals surface area contributed by atoms with E-state index < -0.39 is 16.1 Å². The molecule has 0 saturated carbocycles. The second kappa shape index (κ2) is 8.46. The molecule has 2 amide bonds. The summed E-state index contributed by atoms with van der Waals surface area (Å²) in [6.07, 6.45) is 0.150. The SMILES string of the molecule is CCOC(=O)N1CC(C)N(C(C)=O)c2ccc(-c3cccc(N4CCCS4(=O)=O)c3)cc21. The first-order chi connectivity index (χ1) is 15.2. The molecule has 2 aliphatic rings. The van der Waals surface area contributed by atoms with Gasteiger partial charge in [0.25, 0.3) is 0 Å². The molecule has 4 rings (SSSR count). The van der Waals surface area contributed by atoms with Crippen LogP contribution in [-0.2, 0) is 19.6 Å². The Morgan fingerprint density at radius 1 is 1.09 bits per heavy atom. The van der Waals surface area contributed by atoms with Gasteiger partial charge in [0.2, 0.25) is 15.9 Å². The zero-order chi connectivity index (χ0) is 23.0. The van der Waals surface area contributed by atoms with Crippen LogP contribution in [0.4, 0.5) is 21.9 Å². The number of benzene rings is 2. The van der Waals surface area contributed by atoms with Crippen LogP contribution in [0.25, 0.3) is 11.1 Å². The Balaban J connectivity index is 1.78. The van der Waals surface area contributed by atoms with Gasteiger partial charge in [0, 0.05) is 20.0 Å². The third-order valence-electron chi connectivity index (χ3n) is 5.81. The molecule has 2 aromatic carbocycles. The van der Waals surface area contributed by atoms with E-state index in [4.69, 9.17) is 4.74 Å². The molecule has 2 aromatic rings. The second-order valence-electron chi connectivity index (χ2n) is 8.04. The molecule has 1 fully saturated rings. The lowest BCUT2D eigenvalue weighted by molar-refractivity contribution is -0.117. The number of fused-ring (bicyclic) bond motifs is 1. The maximum atomic E-state index is 12.7. The first kappa shape index (κ1) is 22.1. The van der Waals surface area contributed by atoms with Gasteiger partial charge in [0.1, 0.15) is 0 Å². The van der Waals surface area contributed by atoms with Crippen LogP contribution in [0.3, 0.4) is 0 Å². The van der Waals surface area contributed by atoms with Gasteiger partial charge in [-0.3, -0.25) is 14.0 Å². The summed E-state index contributed by atoms with van der Waals surface area (Å²) in [7, 11) is -3.28. The lowest BCUT2D eigenvalue weighted by atomic mass is 10.0. The van der Waals surface area contributed by atoms with Gasteiger partial charge >= 0.3 is 6.09 Å². The second-order valence-corrected chi connectivity index (χ2v) is 10.1. The molecule has 1 unspecified atom stereocenters. The molecule has 0 bridgehead atoms. The zero-order valence-electron chi connectivity index (χ0n) is 18.4. The van der Waals surface area contributed by atoms with E-state index in [0.717, 1.165) is 11.1 Å². The van der Waals surface area contributed by atoms with Crippen LogP contribution < -0.4 is 14.1 Å². The summed E-state index contributed by atoms with van der Waals surface area (Å²) in [5.74, 6) is 0.0557. The molecule has 8 nitrogen and oxygen atoms in total. The van der Waals surface area contributed by atoms with Crippen LogP contribution >= 0.6 is 0 Å². The molecule has 170 valence electrons. The molecule has 0 spiro atoms. The summed E-state index contributed by atoms with van der Waals surface area (Å²) in [5, 5.41) is 0. The number of hydrogen-bond donors (Lipinski definition) is 0. The summed E-state index contributed by atoms with van der Waals surface area (Å²) in [6.45, 7) is 6.20. The van der Waals surface area contributed by atoms with Crippen molar-refractivity contribution in [2.45, 2.75) is 33.2 Å². The fourth-order valence-corrected chi connectivity index (χ4v) is 5.99. The molecule has 0 aromatic heterocycles. The van der Waals surface area contributed by atoms with Crippen molar-refractivity contribution in [1.29, 1.82) is 0 Å². The van der Waals surface area contributed by atoms with E-state index in [-0.39, 0.29) is 24.3 Å². The predicted molar refractivity (Wildman–Crippen MR) is 125 cm³/mol. The predicted octanol–water partition coefficient (Wildman–Crippen LogP) is 3.61. The molecule has 1 atom stereocenters. The largest absolute Gasteiger partial charge is 0.449 e. The number of nitrogens with zero attached hydrogens (tertiary/aromatic N) is 3. The Morgan fingerprint density at radius 3 is 2.50 bits per heavy atom. The molecule has 1 saturated heterocycles. The van der Waals surface area contributed by atoms with Gasteiger partial charge in [0.15, 0.2) is 0 Å². The number of rotatable bonds is 3. The number of amides is 2. The van der Waals surface area contributed by atoms with E-state index in [0.29, 0.717) is 36.6 Å². The Labute approximate surface area is 188 Å². The van der Waals surface area contributed by atoms with Crippen molar-refractivity contribution in [1.82, 2.24) is 0 Å². The fourth-order valence-electron chi connectivity index (χ4n) is 4.43. The molecular weight excluding hydrogens is 430 g/mol. The summed E-state index contributed by atoms with van der Waals surface area (Å²) in [5.41, 5.74) is 3.50. The normalized spacial score (nSPS) is 19.6. The minimum absolute atomic E-state index is 0.101. The highest BCUT2D eigenvalue weighted by atomic mass is 32.2. The van der Waals surface area contributed by atoms with Crippen LogP contribution in [0.5, 0.6) is 0 Å². The Morgan fingerprint density at radius 2 is 1.84 bits per heavy atom. The first-order valence-electron chi connectivity index (χ1n) is 10.7. The van der Waals surface area contributed by atoms with Crippen molar-refractivity contribution in [3.8, 4) is 11.1 Å². The van der Waals surface area contributed by atoms with Crippen LogP contribution in [0.1, 0.15) is 27.2 Å². The van der Waals surface area contributed by atoms with E-state index in [1.165, 1.54) is 11.2 Å². The van der Waals surface area contributed by atoms with E-state index in [2.05, 4.69) is 0 Å². The maximum Gasteiger partial charge on any atom is 0.414 e. The van der Waals surface area contributed by atoms with Crippen LogP contribution in [-0.4, -0.2) is 51.9 Å². The van der Waals surface area contributed by atoms with Crippen LogP contribution in [0.15, 0.2) is 42.5 Å². The van der Waals surface area contributed by atoms with Crippen molar-refractivity contribution >= 4 is 39.1 Å². The quantitative estimate of drug-likeness (QED) is 0.703.